The SMILES string of the molecule is O=C(NCc1ccco1)c1coc(CN(Cc2ccc(F)cc2)Cc2ccc(Cl)cc2)n1. The first-order valence-electron chi connectivity index (χ1n) is 10.0. The normalized spacial score (nSPS) is 11.1. The summed E-state index contributed by atoms with van der Waals surface area (Å²) in [5, 5.41) is 3.41. The molecule has 0 aliphatic carbocycles. The maximum absolute atomic E-state index is 13.3. The van der Waals surface area contributed by atoms with Gasteiger partial charge in [0.05, 0.1) is 19.4 Å². The number of benzene rings is 2. The van der Waals surface area contributed by atoms with Gasteiger partial charge >= 0.3 is 0 Å². The molecule has 0 atom stereocenters. The van der Waals surface area contributed by atoms with Gasteiger partial charge in [-0.15, -0.1) is 0 Å². The van der Waals surface area contributed by atoms with E-state index in [0.717, 1.165) is 11.1 Å². The molecule has 32 heavy (non-hydrogen) atoms. The van der Waals surface area contributed by atoms with Gasteiger partial charge in [0, 0.05) is 18.1 Å². The van der Waals surface area contributed by atoms with Crippen LogP contribution in [0.4, 0.5) is 4.39 Å². The lowest BCUT2D eigenvalue weighted by atomic mass is 10.1. The number of nitrogens with zero attached hydrogens (tertiary/aromatic N) is 2. The third kappa shape index (κ3) is 6.06. The number of aromatic nitrogens is 1. The average molecular weight is 454 g/mol. The maximum Gasteiger partial charge on any atom is 0.273 e. The van der Waals surface area contributed by atoms with Gasteiger partial charge in [-0.25, -0.2) is 9.37 Å². The third-order valence-corrected chi connectivity index (χ3v) is 5.04. The van der Waals surface area contributed by atoms with E-state index in [1.54, 1.807) is 30.5 Å². The number of oxazole rings is 1. The van der Waals surface area contributed by atoms with Gasteiger partial charge in [0.1, 0.15) is 17.8 Å². The largest absolute Gasteiger partial charge is 0.467 e. The summed E-state index contributed by atoms with van der Waals surface area (Å²) in [6, 6.07) is 17.4. The van der Waals surface area contributed by atoms with Crippen LogP contribution in [-0.4, -0.2) is 15.8 Å². The van der Waals surface area contributed by atoms with Crippen molar-refractivity contribution in [3.8, 4) is 0 Å². The van der Waals surface area contributed by atoms with Crippen LogP contribution in [0.15, 0.2) is 82.0 Å². The van der Waals surface area contributed by atoms with Crippen molar-refractivity contribution >= 4 is 17.5 Å². The summed E-state index contributed by atoms with van der Waals surface area (Å²) in [6.45, 7) is 1.77. The van der Waals surface area contributed by atoms with Gasteiger partial charge in [0.15, 0.2) is 5.69 Å². The van der Waals surface area contributed by atoms with E-state index in [0.29, 0.717) is 36.3 Å². The lowest BCUT2D eigenvalue weighted by Crippen LogP contribution is -2.24. The minimum absolute atomic E-state index is 0.194. The molecule has 0 saturated carbocycles. The van der Waals surface area contributed by atoms with Crippen molar-refractivity contribution in [1.29, 1.82) is 0 Å². The molecule has 0 spiro atoms. The zero-order valence-electron chi connectivity index (χ0n) is 17.1. The first-order chi connectivity index (χ1) is 15.5. The van der Waals surface area contributed by atoms with Crippen LogP contribution in [0.5, 0.6) is 0 Å². The Morgan fingerprint density at radius 3 is 2.31 bits per heavy atom. The van der Waals surface area contributed by atoms with Crippen molar-refractivity contribution < 1.29 is 18.0 Å². The number of furan rings is 1. The van der Waals surface area contributed by atoms with Crippen molar-refractivity contribution in [3.63, 3.8) is 0 Å². The summed E-state index contributed by atoms with van der Waals surface area (Å²) in [6.07, 6.45) is 2.89. The van der Waals surface area contributed by atoms with Crippen LogP contribution in [0.1, 0.15) is 33.3 Å². The van der Waals surface area contributed by atoms with E-state index in [2.05, 4.69) is 15.2 Å². The Bertz CT molecular complexity index is 1090. The van der Waals surface area contributed by atoms with Crippen LogP contribution >= 0.6 is 11.6 Å². The predicted molar refractivity (Wildman–Crippen MR) is 117 cm³/mol. The molecule has 0 saturated heterocycles. The fourth-order valence-electron chi connectivity index (χ4n) is 3.21. The van der Waals surface area contributed by atoms with Crippen LogP contribution in [0.25, 0.3) is 0 Å². The number of amides is 1. The topological polar surface area (TPSA) is 71.5 Å². The van der Waals surface area contributed by atoms with Crippen molar-refractivity contribution in [2.75, 3.05) is 0 Å². The van der Waals surface area contributed by atoms with E-state index in [-0.39, 0.29) is 24.0 Å². The van der Waals surface area contributed by atoms with Gasteiger partial charge in [-0.05, 0) is 47.5 Å². The molecule has 0 aliphatic rings. The highest BCUT2D eigenvalue weighted by Gasteiger charge is 2.16. The average Bonchev–Trinajstić information content (AvgIpc) is 3.47. The predicted octanol–water partition coefficient (Wildman–Crippen LogP) is 5.19. The van der Waals surface area contributed by atoms with E-state index >= 15 is 0 Å². The Labute approximate surface area is 189 Å². The third-order valence-electron chi connectivity index (χ3n) is 4.79. The minimum atomic E-state index is -0.348. The number of hydrogen-bond acceptors (Lipinski definition) is 5. The van der Waals surface area contributed by atoms with E-state index in [4.69, 9.17) is 20.4 Å². The fraction of sp³-hybridized carbons (Fsp3) is 0.167. The Kier molecular flexibility index (Phi) is 6.99. The lowest BCUT2D eigenvalue weighted by Gasteiger charge is -2.21. The summed E-state index contributed by atoms with van der Waals surface area (Å²) < 4.78 is 24.0. The van der Waals surface area contributed by atoms with Crippen molar-refractivity contribution in [3.05, 3.63) is 113 Å². The molecule has 6 nitrogen and oxygen atoms in total. The van der Waals surface area contributed by atoms with Gasteiger partial charge < -0.3 is 14.2 Å². The molecule has 0 radical (unpaired) electrons. The van der Waals surface area contributed by atoms with Gasteiger partial charge in [0.25, 0.3) is 5.91 Å². The Morgan fingerprint density at radius 1 is 0.969 bits per heavy atom. The number of halogens is 2. The van der Waals surface area contributed by atoms with E-state index < -0.39 is 0 Å². The van der Waals surface area contributed by atoms with Crippen molar-refractivity contribution in [1.82, 2.24) is 15.2 Å². The van der Waals surface area contributed by atoms with Gasteiger partial charge in [-0.3, -0.25) is 9.69 Å². The number of hydrogen-bond donors (Lipinski definition) is 1. The van der Waals surface area contributed by atoms with E-state index in [1.165, 1.54) is 18.4 Å². The zero-order chi connectivity index (χ0) is 22.3. The fourth-order valence-corrected chi connectivity index (χ4v) is 3.34. The standard InChI is InChI=1S/C24H21ClFN3O3/c25-19-7-3-17(4-8-19)13-29(14-18-5-9-20(26)10-6-18)15-23-28-22(16-32-23)24(30)27-12-21-2-1-11-31-21/h1-11,16H,12-15H2,(H,27,30). The number of carbonyl (C=O) groups is 1. The summed E-state index contributed by atoms with van der Waals surface area (Å²) in [5.41, 5.74) is 2.20. The van der Waals surface area contributed by atoms with Gasteiger partial charge in [-0.1, -0.05) is 35.9 Å². The van der Waals surface area contributed by atoms with Crippen LogP contribution in [0.3, 0.4) is 0 Å². The monoisotopic (exact) mass is 453 g/mol. The number of carbonyl (C=O) groups excluding carboxylic acids is 1. The molecule has 0 unspecified atom stereocenters. The maximum atomic E-state index is 13.3. The molecular formula is C24H21ClFN3O3. The highest BCUT2D eigenvalue weighted by molar-refractivity contribution is 6.30. The molecule has 8 heteroatoms. The summed E-state index contributed by atoms with van der Waals surface area (Å²) in [7, 11) is 0. The number of rotatable bonds is 9. The Hall–Kier alpha value is -3.42. The molecule has 0 aliphatic heterocycles. The first kappa shape index (κ1) is 21.8. The lowest BCUT2D eigenvalue weighted by molar-refractivity contribution is 0.0943. The molecular weight excluding hydrogens is 433 g/mol. The Balaban J connectivity index is 1.44. The van der Waals surface area contributed by atoms with Crippen LogP contribution < -0.4 is 5.32 Å². The summed E-state index contributed by atoms with van der Waals surface area (Å²) in [4.78, 5) is 18.8. The zero-order valence-corrected chi connectivity index (χ0v) is 17.9. The van der Waals surface area contributed by atoms with Gasteiger partial charge in [0.2, 0.25) is 5.89 Å². The molecule has 4 aromatic rings. The molecule has 0 bridgehead atoms. The molecule has 2 aromatic carbocycles. The van der Waals surface area contributed by atoms with E-state index in [9.17, 15) is 9.18 Å². The molecule has 2 heterocycles. The second-order valence-corrected chi connectivity index (χ2v) is 7.72. The molecule has 4 rings (SSSR count). The van der Waals surface area contributed by atoms with Crippen LogP contribution in [-0.2, 0) is 26.2 Å². The molecule has 2 aromatic heterocycles. The molecule has 164 valence electrons. The minimum Gasteiger partial charge on any atom is -0.467 e. The molecule has 1 amide bonds. The van der Waals surface area contributed by atoms with Crippen LogP contribution in [0, 0.1) is 5.82 Å². The summed E-state index contributed by atoms with van der Waals surface area (Å²) in [5.74, 6) is 0.426. The molecule has 0 fully saturated rings. The second kappa shape index (κ2) is 10.3. The second-order valence-electron chi connectivity index (χ2n) is 7.29. The summed E-state index contributed by atoms with van der Waals surface area (Å²) >= 11 is 6.00. The quantitative estimate of drug-likeness (QED) is 0.377. The van der Waals surface area contributed by atoms with Gasteiger partial charge in [-0.2, -0.15) is 0 Å². The first-order valence-corrected chi connectivity index (χ1v) is 10.4. The molecule has 1 N–H and O–H groups in total. The van der Waals surface area contributed by atoms with E-state index in [1.807, 2.05) is 24.3 Å². The number of nitrogens with one attached hydrogen (secondary N) is 1. The highest BCUT2D eigenvalue weighted by Crippen LogP contribution is 2.17. The Morgan fingerprint density at radius 2 is 1.66 bits per heavy atom. The van der Waals surface area contributed by atoms with Crippen LogP contribution in [0.2, 0.25) is 5.02 Å². The van der Waals surface area contributed by atoms with Crippen molar-refractivity contribution in [2.45, 2.75) is 26.2 Å². The van der Waals surface area contributed by atoms with Crippen molar-refractivity contribution in [2.24, 2.45) is 0 Å². The highest BCUT2D eigenvalue weighted by atomic mass is 35.5. The smallest absolute Gasteiger partial charge is 0.273 e.